The van der Waals surface area contributed by atoms with Gasteiger partial charge in [0.15, 0.2) is 0 Å². The zero-order chi connectivity index (χ0) is 11.8. The molecule has 0 radical (unpaired) electrons. The number of halogens is 2. The molecule has 1 aromatic rings. The Morgan fingerprint density at radius 1 is 0.824 bits per heavy atom. The van der Waals surface area contributed by atoms with Crippen LogP contribution in [0.25, 0.3) is 22.4 Å². The Labute approximate surface area is 109 Å². The number of benzene rings is 1. The molecule has 0 aromatic heterocycles. The Morgan fingerprint density at radius 3 is 2.35 bits per heavy atom. The summed E-state index contributed by atoms with van der Waals surface area (Å²) < 4.78 is 0. The Bertz CT molecular complexity index is 628. The fourth-order valence-electron chi connectivity index (χ4n) is 1.99. The molecule has 1 nitrogen and oxygen atoms in total. The second-order valence-corrected chi connectivity index (χ2v) is 4.60. The number of hydrogen-bond acceptors (Lipinski definition) is 0. The van der Waals surface area contributed by atoms with Gasteiger partial charge in [0.25, 0.3) is 0 Å². The summed E-state index contributed by atoms with van der Waals surface area (Å²) in [6, 6.07) is 15.8. The molecular weight excluding hydrogens is 253 g/mol. The van der Waals surface area contributed by atoms with Gasteiger partial charge in [-0.25, -0.2) is 0 Å². The fraction of sp³-hybridized carbons (Fsp3) is 0. The first kappa shape index (κ1) is 10.7. The fourth-order valence-corrected chi connectivity index (χ4v) is 2.71. The van der Waals surface area contributed by atoms with Crippen LogP contribution in [0.3, 0.4) is 0 Å². The summed E-state index contributed by atoms with van der Waals surface area (Å²) >= 11 is 12.7. The highest BCUT2D eigenvalue weighted by Gasteiger charge is 2.16. The standard InChI is InChI=1S/C14H9Cl2N/c15-13-10-7-4-8-11(10)17-14(16)12(13)9-5-2-1-3-6-9/h1-8,17H. The van der Waals surface area contributed by atoms with Gasteiger partial charge in [0.2, 0.25) is 0 Å². The van der Waals surface area contributed by atoms with Crippen molar-refractivity contribution >= 4 is 23.2 Å². The maximum atomic E-state index is 6.42. The summed E-state index contributed by atoms with van der Waals surface area (Å²) in [5.41, 5.74) is 3.82. The molecular formula is C14H9Cl2N. The molecule has 1 N–H and O–H groups in total. The van der Waals surface area contributed by atoms with Crippen molar-refractivity contribution in [3.63, 3.8) is 0 Å². The van der Waals surface area contributed by atoms with Gasteiger partial charge in [-0.2, -0.15) is 0 Å². The average molecular weight is 262 g/mol. The van der Waals surface area contributed by atoms with Gasteiger partial charge in [0.1, 0.15) is 5.15 Å². The second-order valence-electron chi connectivity index (χ2n) is 3.85. The van der Waals surface area contributed by atoms with E-state index >= 15 is 0 Å². The number of H-pyrrole nitrogens is 1. The molecule has 0 saturated carbocycles. The van der Waals surface area contributed by atoms with Crippen LogP contribution in [0.2, 0.25) is 10.2 Å². The third kappa shape index (κ3) is 1.72. The van der Waals surface area contributed by atoms with Crippen LogP contribution in [0, 0.1) is 0 Å². The SMILES string of the molecule is Clc1[nH]c2cccc-2c(Cl)c1-c1ccccc1. The zero-order valence-corrected chi connectivity index (χ0v) is 10.4. The molecule has 0 unspecified atom stereocenters. The maximum Gasteiger partial charge on any atom is 0.116 e. The Morgan fingerprint density at radius 2 is 1.59 bits per heavy atom. The first-order valence-corrected chi connectivity index (χ1v) is 6.04. The van der Waals surface area contributed by atoms with E-state index in [2.05, 4.69) is 4.98 Å². The Balaban J connectivity index is 2.34. The average Bonchev–Trinajstić information content (AvgIpc) is 2.78. The van der Waals surface area contributed by atoms with Gasteiger partial charge >= 0.3 is 0 Å². The third-order valence-electron chi connectivity index (χ3n) is 2.80. The van der Waals surface area contributed by atoms with Crippen molar-refractivity contribution in [2.75, 3.05) is 0 Å². The largest absolute Gasteiger partial charge is 0.345 e. The van der Waals surface area contributed by atoms with Crippen LogP contribution in [-0.4, -0.2) is 4.98 Å². The lowest BCUT2D eigenvalue weighted by molar-refractivity contribution is 1.34. The maximum absolute atomic E-state index is 6.42. The number of fused-ring (bicyclic) bond motifs is 1. The molecule has 0 spiro atoms. The van der Waals surface area contributed by atoms with E-state index in [1.165, 1.54) is 0 Å². The molecule has 0 bridgehead atoms. The van der Waals surface area contributed by atoms with Gasteiger partial charge in [-0.05, 0) is 11.6 Å². The number of aromatic amines is 1. The van der Waals surface area contributed by atoms with Gasteiger partial charge in [-0.15, -0.1) is 0 Å². The predicted octanol–water partition coefficient (Wildman–Crippen LogP) is 5.09. The van der Waals surface area contributed by atoms with Crippen LogP contribution in [-0.2, 0) is 0 Å². The topological polar surface area (TPSA) is 15.8 Å². The van der Waals surface area contributed by atoms with Gasteiger partial charge < -0.3 is 4.98 Å². The van der Waals surface area contributed by atoms with Crippen LogP contribution < -0.4 is 0 Å². The zero-order valence-electron chi connectivity index (χ0n) is 8.87. The first-order valence-electron chi connectivity index (χ1n) is 5.28. The van der Waals surface area contributed by atoms with Crippen molar-refractivity contribution < 1.29 is 0 Å². The van der Waals surface area contributed by atoms with Crippen molar-refractivity contribution in [2.45, 2.75) is 0 Å². The van der Waals surface area contributed by atoms with E-state index in [-0.39, 0.29) is 0 Å². The third-order valence-corrected chi connectivity index (χ3v) is 3.47. The highest BCUT2D eigenvalue weighted by molar-refractivity contribution is 6.40. The van der Waals surface area contributed by atoms with Crippen LogP contribution in [0.1, 0.15) is 0 Å². The normalized spacial score (nSPS) is 10.9. The molecule has 2 aliphatic rings. The van der Waals surface area contributed by atoms with Crippen LogP contribution >= 0.6 is 23.2 Å². The molecule has 1 aromatic carbocycles. The monoisotopic (exact) mass is 261 g/mol. The quantitative estimate of drug-likeness (QED) is 0.587. The minimum absolute atomic E-state index is 0.569. The first-order chi connectivity index (χ1) is 8.27. The molecule has 0 saturated heterocycles. The lowest BCUT2D eigenvalue weighted by Gasteiger charge is -2.12. The number of rotatable bonds is 1. The molecule has 0 atom stereocenters. The van der Waals surface area contributed by atoms with Gasteiger partial charge in [0, 0.05) is 16.8 Å². The van der Waals surface area contributed by atoms with Gasteiger partial charge in [-0.1, -0.05) is 65.7 Å². The smallest absolute Gasteiger partial charge is 0.116 e. The summed E-state index contributed by atoms with van der Waals surface area (Å²) in [5.74, 6) is 0. The molecule has 1 aliphatic carbocycles. The molecule has 0 fully saturated rings. The van der Waals surface area contributed by atoms with Gasteiger partial charge in [-0.3, -0.25) is 0 Å². The van der Waals surface area contributed by atoms with E-state index in [0.717, 1.165) is 22.4 Å². The summed E-state index contributed by atoms with van der Waals surface area (Å²) in [4.78, 5) is 3.16. The van der Waals surface area contributed by atoms with Crippen LogP contribution in [0.15, 0.2) is 48.5 Å². The molecule has 17 heavy (non-hydrogen) atoms. The van der Waals surface area contributed by atoms with Crippen molar-refractivity contribution in [1.82, 2.24) is 4.98 Å². The number of pyridine rings is 1. The summed E-state index contributed by atoms with van der Waals surface area (Å²) in [7, 11) is 0. The molecule has 3 heteroatoms. The second kappa shape index (κ2) is 4.10. The lowest BCUT2D eigenvalue weighted by Crippen LogP contribution is -1.90. The van der Waals surface area contributed by atoms with E-state index in [1.807, 2.05) is 48.5 Å². The summed E-state index contributed by atoms with van der Waals surface area (Å²) in [6.07, 6.45) is 0. The summed E-state index contributed by atoms with van der Waals surface area (Å²) in [6.45, 7) is 0. The predicted molar refractivity (Wildman–Crippen MR) is 72.9 cm³/mol. The van der Waals surface area contributed by atoms with E-state index < -0.39 is 0 Å². The minimum Gasteiger partial charge on any atom is -0.345 e. The highest BCUT2D eigenvalue weighted by Crippen LogP contribution is 2.41. The van der Waals surface area contributed by atoms with Crippen LogP contribution in [0.4, 0.5) is 0 Å². The van der Waals surface area contributed by atoms with E-state index in [1.54, 1.807) is 0 Å². The molecule has 1 aliphatic heterocycles. The number of aromatic nitrogens is 1. The Kier molecular flexibility index (Phi) is 2.58. The van der Waals surface area contributed by atoms with E-state index in [0.29, 0.717) is 10.2 Å². The van der Waals surface area contributed by atoms with E-state index in [9.17, 15) is 0 Å². The van der Waals surface area contributed by atoms with Crippen molar-refractivity contribution in [3.05, 3.63) is 58.7 Å². The van der Waals surface area contributed by atoms with Crippen molar-refractivity contribution in [2.24, 2.45) is 0 Å². The lowest BCUT2D eigenvalue weighted by atomic mass is 10.0. The number of hydrogen-bond donors (Lipinski definition) is 1. The van der Waals surface area contributed by atoms with Crippen molar-refractivity contribution in [3.8, 4) is 22.4 Å². The molecule has 0 amide bonds. The van der Waals surface area contributed by atoms with Crippen molar-refractivity contribution in [1.29, 1.82) is 0 Å². The molecule has 1 heterocycles. The van der Waals surface area contributed by atoms with E-state index in [4.69, 9.17) is 23.2 Å². The molecule has 3 rings (SSSR count). The van der Waals surface area contributed by atoms with Crippen LogP contribution in [0.5, 0.6) is 0 Å². The van der Waals surface area contributed by atoms with Gasteiger partial charge in [0.05, 0.1) is 5.02 Å². The Hall–Kier alpha value is -1.44. The highest BCUT2D eigenvalue weighted by atomic mass is 35.5. The summed E-state index contributed by atoms with van der Waals surface area (Å²) in [5, 5.41) is 1.26. The molecule has 84 valence electrons. The number of nitrogens with one attached hydrogen (secondary N) is 1. The minimum atomic E-state index is 0.569.